The van der Waals surface area contributed by atoms with Crippen molar-refractivity contribution < 1.29 is 0 Å². The Bertz CT molecular complexity index is 279. The fourth-order valence-corrected chi connectivity index (χ4v) is 1.52. The highest BCUT2D eigenvalue weighted by Crippen LogP contribution is 2.33. The Kier molecular flexibility index (Phi) is 2.40. The summed E-state index contributed by atoms with van der Waals surface area (Å²) in [6, 6.07) is 4.31. The average Bonchev–Trinajstić information content (AvgIpc) is 2.91. The van der Waals surface area contributed by atoms with Crippen molar-refractivity contribution in [3.63, 3.8) is 0 Å². The van der Waals surface area contributed by atoms with Crippen molar-refractivity contribution in [2.75, 3.05) is 5.32 Å². The first-order valence-corrected chi connectivity index (χ1v) is 5.01. The zero-order valence-corrected chi connectivity index (χ0v) is 8.38. The van der Waals surface area contributed by atoms with Gasteiger partial charge in [0, 0.05) is 12.2 Å². The minimum atomic E-state index is 0.536. The van der Waals surface area contributed by atoms with Crippen molar-refractivity contribution in [2.45, 2.75) is 25.8 Å². The summed E-state index contributed by atoms with van der Waals surface area (Å²) in [4.78, 5) is 4.19. The topological polar surface area (TPSA) is 24.9 Å². The van der Waals surface area contributed by atoms with Crippen LogP contribution >= 0.6 is 11.6 Å². The van der Waals surface area contributed by atoms with E-state index in [0.717, 1.165) is 11.7 Å². The van der Waals surface area contributed by atoms with E-state index in [4.69, 9.17) is 11.6 Å². The highest BCUT2D eigenvalue weighted by molar-refractivity contribution is 6.30. The molecule has 1 atom stereocenters. The molecule has 0 amide bonds. The first kappa shape index (κ1) is 8.82. The lowest BCUT2D eigenvalue weighted by atomic mass is 10.2. The zero-order valence-electron chi connectivity index (χ0n) is 7.63. The summed E-state index contributed by atoms with van der Waals surface area (Å²) in [6.07, 6.45) is 4.37. The van der Waals surface area contributed by atoms with Crippen molar-refractivity contribution >= 4 is 17.4 Å². The second-order valence-electron chi connectivity index (χ2n) is 3.63. The first-order chi connectivity index (χ1) is 6.25. The molecule has 0 aromatic carbocycles. The molecule has 1 fully saturated rings. The maximum absolute atomic E-state index is 5.73. The van der Waals surface area contributed by atoms with Crippen molar-refractivity contribution in [2.24, 2.45) is 5.92 Å². The second kappa shape index (κ2) is 3.54. The monoisotopic (exact) mass is 196 g/mol. The number of anilines is 1. The van der Waals surface area contributed by atoms with Gasteiger partial charge in [-0.1, -0.05) is 11.6 Å². The van der Waals surface area contributed by atoms with Crippen LogP contribution in [0.2, 0.25) is 5.02 Å². The summed E-state index contributed by atoms with van der Waals surface area (Å²) in [5.41, 5.74) is 0. The Morgan fingerprint density at radius 2 is 2.31 bits per heavy atom. The molecule has 1 aromatic rings. The van der Waals surface area contributed by atoms with Gasteiger partial charge in [-0.05, 0) is 37.8 Å². The SMILES string of the molecule is CC(Nc1ccc(Cl)cn1)C1CC1. The number of nitrogens with one attached hydrogen (secondary N) is 1. The number of nitrogens with zero attached hydrogens (tertiary/aromatic N) is 1. The summed E-state index contributed by atoms with van der Waals surface area (Å²) in [7, 11) is 0. The lowest BCUT2D eigenvalue weighted by Gasteiger charge is -2.12. The molecule has 3 heteroatoms. The van der Waals surface area contributed by atoms with Gasteiger partial charge in [0.1, 0.15) is 5.82 Å². The third-order valence-corrected chi connectivity index (χ3v) is 2.66. The van der Waals surface area contributed by atoms with E-state index in [1.165, 1.54) is 12.8 Å². The van der Waals surface area contributed by atoms with E-state index in [0.29, 0.717) is 11.1 Å². The van der Waals surface area contributed by atoms with E-state index < -0.39 is 0 Å². The van der Waals surface area contributed by atoms with Crippen LogP contribution in [-0.4, -0.2) is 11.0 Å². The number of pyridine rings is 1. The van der Waals surface area contributed by atoms with Crippen molar-refractivity contribution in [1.29, 1.82) is 0 Å². The molecule has 70 valence electrons. The molecule has 0 saturated heterocycles. The van der Waals surface area contributed by atoms with Crippen LogP contribution in [0.4, 0.5) is 5.82 Å². The van der Waals surface area contributed by atoms with Gasteiger partial charge < -0.3 is 5.32 Å². The van der Waals surface area contributed by atoms with E-state index in [9.17, 15) is 0 Å². The fourth-order valence-electron chi connectivity index (χ4n) is 1.41. The Labute approximate surface area is 83.3 Å². The third-order valence-electron chi connectivity index (χ3n) is 2.43. The van der Waals surface area contributed by atoms with Gasteiger partial charge in [-0.2, -0.15) is 0 Å². The van der Waals surface area contributed by atoms with Crippen LogP contribution in [0.15, 0.2) is 18.3 Å². The Morgan fingerprint density at radius 3 is 2.85 bits per heavy atom. The Hall–Kier alpha value is -0.760. The summed E-state index contributed by atoms with van der Waals surface area (Å²) >= 11 is 5.73. The standard InChI is InChI=1S/C10H13ClN2/c1-7(8-2-3-8)13-10-5-4-9(11)6-12-10/h4-8H,2-3H2,1H3,(H,12,13). The number of hydrogen-bond acceptors (Lipinski definition) is 2. The Morgan fingerprint density at radius 1 is 1.54 bits per heavy atom. The molecule has 2 rings (SSSR count). The smallest absolute Gasteiger partial charge is 0.126 e. The molecular formula is C10H13ClN2. The van der Waals surface area contributed by atoms with Crippen LogP contribution in [0.3, 0.4) is 0 Å². The summed E-state index contributed by atoms with van der Waals surface area (Å²) in [6.45, 7) is 2.20. The van der Waals surface area contributed by atoms with E-state index in [2.05, 4.69) is 17.2 Å². The van der Waals surface area contributed by atoms with Crippen LogP contribution < -0.4 is 5.32 Å². The fraction of sp³-hybridized carbons (Fsp3) is 0.500. The lowest BCUT2D eigenvalue weighted by molar-refractivity contribution is 0.691. The van der Waals surface area contributed by atoms with Crippen LogP contribution in [0.1, 0.15) is 19.8 Å². The quantitative estimate of drug-likeness (QED) is 0.804. The van der Waals surface area contributed by atoms with Gasteiger partial charge >= 0.3 is 0 Å². The van der Waals surface area contributed by atoms with Gasteiger partial charge in [0.2, 0.25) is 0 Å². The molecule has 0 radical (unpaired) electrons. The van der Waals surface area contributed by atoms with Crippen LogP contribution in [0, 0.1) is 5.92 Å². The molecule has 1 aliphatic rings. The molecule has 1 saturated carbocycles. The van der Waals surface area contributed by atoms with E-state index >= 15 is 0 Å². The lowest BCUT2D eigenvalue weighted by Crippen LogP contribution is -2.17. The van der Waals surface area contributed by atoms with Crippen LogP contribution in [0.25, 0.3) is 0 Å². The molecule has 0 bridgehead atoms. The molecule has 1 aromatic heterocycles. The largest absolute Gasteiger partial charge is 0.367 e. The second-order valence-corrected chi connectivity index (χ2v) is 4.07. The van der Waals surface area contributed by atoms with Crippen LogP contribution in [-0.2, 0) is 0 Å². The number of hydrogen-bond donors (Lipinski definition) is 1. The highest BCUT2D eigenvalue weighted by Gasteiger charge is 2.27. The number of aromatic nitrogens is 1. The maximum Gasteiger partial charge on any atom is 0.126 e. The molecule has 1 aliphatic carbocycles. The van der Waals surface area contributed by atoms with E-state index in [1.807, 2.05) is 12.1 Å². The minimum Gasteiger partial charge on any atom is -0.367 e. The van der Waals surface area contributed by atoms with Crippen molar-refractivity contribution in [1.82, 2.24) is 4.98 Å². The van der Waals surface area contributed by atoms with Gasteiger partial charge in [-0.3, -0.25) is 0 Å². The van der Waals surface area contributed by atoms with Crippen molar-refractivity contribution in [3.8, 4) is 0 Å². The number of halogens is 1. The zero-order chi connectivity index (χ0) is 9.26. The minimum absolute atomic E-state index is 0.536. The van der Waals surface area contributed by atoms with Gasteiger partial charge in [0.05, 0.1) is 5.02 Å². The molecule has 0 aliphatic heterocycles. The third kappa shape index (κ3) is 2.34. The molecule has 1 N–H and O–H groups in total. The normalized spacial score (nSPS) is 18.3. The van der Waals surface area contributed by atoms with Gasteiger partial charge in [0.25, 0.3) is 0 Å². The first-order valence-electron chi connectivity index (χ1n) is 4.64. The van der Waals surface area contributed by atoms with Gasteiger partial charge in [-0.15, -0.1) is 0 Å². The summed E-state index contributed by atoms with van der Waals surface area (Å²) in [5, 5.41) is 4.05. The van der Waals surface area contributed by atoms with E-state index in [-0.39, 0.29) is 0 Å². The predicted octanol–water partition coefficient (Wildman–Crippen LogP) is 2.95. The van der Waals surface area contributed by atoms with Crippen molar-refractivity contribution in [3.05, 3.63) is 23.4 Å². The molecule has 13 heavy (non-hydrogen) atoms. The molecule has 0 spiro atoms. The predicted molar refractivity (Wildman–Crippen MR) is 55.1 cm³/mol. The van der Waals surface area contributed by atoms with Gasteiger partial charge in [-0.25, -0.2) is 4.98 Å². The maximum atomic E-state index is 5.73. The summed E-state index contributed by atoms with van der Waals surface area (Å²) in [5.74, 6) is 1.77. The van der Waals surface area contributed by atoms with E-state index in [1.54, 1.807) is 6.20 Å². The molecular weight excluding hydrogens is 184 g/mol. The highest BCUT2D eigenvalue weighted by atomic mass is 35.5. The van der Waals surface area contributed by atoms with Gasteiger partial charge in [0.15, 0.2) is 0 Å². The van der Waals surface area contributed by atoms with Crippen LogP contribution in [0.5, 0.6) is 0 Å². The summed E-state index contributed by atoms with van der Waals surface area (Å²) < 4.78 is 0. The number of rotatable bonds is 3. The molecule has 1 unspecified atom stereocenters. The Balaban J connectivity index is 1.96. The average molecular weight is 197 g/mol. The molecule has 2 nitrogen and oxygen atoms in total. The molecule has 1 heterocycles.